The number of anilines is 1. The Morgan fingerprint density at radius 1 is 1.30 bits per heavy atom. The van der Waals surface area contributed by atoms with Crippen molar-refractivity contribution in [2.45, 2.75) is 37.6 Å². The smallest absolute Gasteiger partial charge is 0.276 e. The number of piperidine rings is 1. The average Bonchev–Trinajstić information content (AvgIpc) is 3.21. The van der Waals surface area contributed by atoms with Crippen LogP contribution in [0.25, 0.3) is 0 Å². The molecule has 3 rings (SSSR count). The van der Waals surface area contributed by atoms with Gasteiger partial charge in [0.05, 0.1) is 11.4 Å². The summed E-state index contributed by atoms with van der Waals surface area (Å²) in [6.07, 6.45) is 4.32. The first-order chi connectivity index (χ1) is 9.58. The van der Waals surface area contributed by atoms with Crippen molar-refractivity contribution in [2.24, 2.45) is 0 Å². The van der Waals surface area contributed by atoms with Crippen LogP contribution in [0.3, 0.4) is 0 Å². The van der Waals surface area contributed by atoms with Crippen LogP contribution in [0.15, 0.2) is 0 Å². The van der Waals surface area contributed by atoms with Gasteiger partial charge >= 0.3 is 0 Å². The number of aromatic nitrogens is 2. The molecule has 0 unspecified atom stereocenters. The second-order valence-electron chi connectivity index (χ2n) is 6.16. The molecule has 2 heterocycles. The molecule has 0 aromatic carbocycles. The molecule has 3 N–H and O–H groups in total. The number of nitrogens with one attached hydrogen (secondary N) is 1. The van der Waals surface area contributed by atoms with Crippen molar-refractivity contribution in [1.82, 2.24) is 20.0 Å². The summed E-state index contributed by atoms with van der Waals surface area (Å²) in [5.74, 6) is 0.464. The zero-order valence-corrected chi connectivity index (χ0v) is 12.2. The lowest BCUT2D eigenvalue weighted by molar-refractivity contribution is 0.0658. The fraction of sp³-hybridized carbons (Fsp3) is 0.714. The molecule has 1 amide bonds. The van der Waals surface area contributed by atoms with E-state index in [1.807, 2.05) is 4.90 Å². The lowest BCUT2D eigenvalue weighted by Gasteiger charge is -2.34. The van der Waals surface area contributed by atoms with E-state index >= 15 is 0 Å². The van der Waals surface area contributed by atoms with E-state index in [4.69, 9.17) is 5.73 Å². The lowest BCUT2D eigenvalue weighted by Crippen LogP contribution is -2.44. The van der Waals surface area contributed by atoms with Gasteiger partial charge in [-0.25, -0.2) is 0 Å². The highest BCUT2D eigenvalue weighted by Crippen LogP contribution is 2.42. The van der Waals surface area contributed by atoms with Crippen LogP contribution >= 0.6 is 0 Å². The van der Waals surface area contributed by atoms with Crippen LogP contribution in [0.1, 0.15) is 47.8 Å². The van der Waals surface area contributed by atoms with Crippen molar-refractivity contribution in [3.8, 4) is 0 Å². The molecule has 6 nitrogen and oxygen atoms in total. The van der Waals surface area contributed by atoms with Crippen LogP contribution < -0.4 is 5.73 Å². The van der Waals surface area contributed by atoms with Gasteiger partial charge in [-0.1, -0.05) is 0 Å². The van der Waals surface area contributed by atoms with E-state index in [0.717, 1.165) is 44.5 Å². The number of aromatic amines is 1. The fourth-order valence-corrected chi connectivity index (χ4v) is 2.95. The van der Waals surface area contributed by atoms with Crippen LogP contribution in [0.4, 0.5) is 5.69 Å². The minimum Gasteiger partial charge on any atom is -0.395 e. The first-order valence-electron chi connectivity index (χ1n) is 7.37. The molecule has 1 aromatic rings. The summed E-state index contributed by atoms with van der Waals surface area (Å²) >= 11 is 0. The number of amides is 1. The highest BCUT2D eigenvalue weighted by atomic mass is 16.2. The summed E-state index contributed by atoms with van der Waals surface area (Å²) in [6.45, 7) is 1.57. The maximum absolute atomic E-state index is 12.5. The van der Waals surface area contributed by atoms with Crippen LogP contribution in [-0.4, -0.2) is 59.1 Å². The standard InChI is InChI=1S/C14H23N5O/c1-18(2)10-5-7-19(8-6-10)14(20)13-11(15)12(16-17-13)9-3-4-9/h9-10H,3-8,15H2,1-2H3,(H,16,17). The first-order valence-corrected chi connectivity index (χ1v) is 7.37. The predicted octanol–water partition coefficient (Wildman–Crippen LogP) is 1.04. The topological polar surface area (TPSA) is 78.2 Å². The van der Waals surface area contributed by atoms with E-state index in [-0.39, 0.29) is 5.91 Å². The number of carbonyl (C=O) groups excluding carboxylic acids is 1. The van der Waals surface area contributed by atoms with Crippen LogP contribution in [0.2, 0.25) is 0 Å². The van der Waals surface area contributed by atoms with Crippen LogP contribution in [0, 0.1) is 0 Å². The van der Waals surface area contributed by atoms with Gasteiger partial charge in [-0.2, -0.15) is 5.10 Å². The number of hydrogen-bond acceptors (Lipinski definition) is 4. The summed E-state index contributed by atoms with van der Waals surface area (Å²) in [7, 11) is 4.19. The van der Waals surface area contributed by atoms with Crippen LogP contribution in [0.5, 0.6) is 0 Å². The van der Waals surface area contributed by atoms with Gasteiger partial charge in [0.1, 0.15) is 0 Å². The summed E-state index contributed by atoms with van der Waals surface area (Å²) in [5.41, 5.74) is 8.01. The molecule has 0 radical (unpaired) electrons. The Morgan fingerprint density at radius 2 is 1.95 bits per heavy atom. The quantitative estimate of drug-likeness (QED) is 0.865. The van der Waals surface area contributed by atoms with Crippen molar-refractivity contribution < 1.29 is 4.79 Å². The minimum atomic E-state index is -0.0251. The Balaban J connectivity index is 1.67. The summed E-state index contributed by atoms with van der Waals surface area (Å²) in [6, 6.07) is 0.567. The number of likely N-dealkylation sites (tertiary alicyclic amines) is 1. The molecule has 1 aliphatic heterocycles. The zero-order valence-electron chi connectivity index (χ0n) is 12.2. The van der Waals surface area contributed by atoms with E-state index in [1.54, 1.807) is 0 Å². The Kier molecular flexibility index (Phi) is 3.41. The normalized spacial score (nSPS) is 20.6. The molecule has 2 fully saturated rings. The molecular weight excluding hydrogens is 254 g/mol. The van der Waals surface area contributed by atoms with Crippen molar-refractivity contribution in [3.63, 3.8) is 0 Å². The SMILES string of the molecule is CN(C)C1CCN(C(=O)c2n[nH]c(C3CC3)c2N)CC1. The molecule has 1 saturated carbocycles. The number of nitrogen functional groups attached to an aromatic ring is 1. The van der Waals surface area contributed by atoms with Crippen molar-refractivity contribution in [1.29, 1.82) is 0 Å². The monoisotopic (exact) mass is 277 g/mol. The van der Waals surface area contributed by atoms with Gasteiger partial charge in [0.15, 0.2) is 5.69 Å². The fourth-order valence-electron chi connectivity index (χ4n) is 2.95. The molecule has 110 valence electrons. The van der Waals surface area contributed by atoms with Gasteiger partial charge in [0, 0.05) is 25.0 Å². The lowest BCUT2D eigenvalue weighted by atomic mass is 10.0. The second-order valence-corrected chi connectivity index (χ2v) is 6.16. The Morgan fingerprint density at radius 3 is 2.50 bits per heavy atom. The number of hydrogen-bond donors (Lipinski definition) is 2. The molecule has 0 spiro atoms. The summed E-state index contributed by atoms with van der Waals surface area (Å²) in [4.78, 5) is 16.6. The maximum Gasteiger partial charge on any atom is 0.276 e. The van der Waals surface area contributed by atoms with E-state index in [2.05, 4.69) is 29.2 Å². The molecule has 2 aliphatic rings. The number of rotatable bonds is 3. The first kappa shape index (κ1) is 13.4. The highest BCUT2D eigenvalue weighted by Gasteiger charge is 2.32. The summed E-state index contributed by atoms with van der Waals surface area (Å²) < 4.78 is 0. The van der Waals surface area contributed by atoms with E-state index in [0.29, 0.717) is 23.3 Å². The molecular formula is C14H23N5O. The second kappa shape index (κ2) is 5.09. The maximum atomic E-state index is 12.5. The molecule has 1 aromatic heterocycles. The van der Waals surface area contributed by atoms with Gasteiger partial charge in [-0.05, 0) is 39.8 Å². The third-order valence-electron chi connectivity index (χ3n) is 4.50. The van der Waals surface area contributed by atoms with Gasteiger partial charge < -0.3 is 15.5 Å². The Hall–Kier alpha value is -1.56. The van der Waals surface area contributed by atoms with Gasteiger partial charge in [0.2, 0.25) is 0 Å². The predicted molar refractivity (Wildman–Crippen MR) is 77.6 cm³/mol. The van der Waals surface area contributed by atoms with E-state index < -0.39 is 0 Å². The molecule has 0 bridgehead atoms. The summed E-state index contributed by atoms with van der Waals surface area (Å²) in [5, 5.41) is 7.11. The van der Waals surface area contributed by atoms with Crippen molar-refractivity contribution >= 4 is 11.6 Å². The number of nitrogens with two attached hydrogens (primary N) is 1. The largest absolute Gasteiger partial charge is 0.395 e. The molecule has 20 heavy (non-hydrogen) atoms. The van der Waals surface area contributed by atoms with E-state index in [9.17, 15) is 4.79 Å². The van der Waals surface area contributed by atoms with Crippen molar-refractivity contribution in [2.75, 3.05) is 32.9 Å². The number of carbonyl (C=O) groups is 1. The Bertz CT molecular complexity index is 498. The third kappa shape index (κ3) is 2.40. The number of H-pyrrole nitrogens is 1. The highest BCUT2D eigenvalue weighted by molar-refractivity contribution is 5.97. The minimum absolute atomic E-state index is 0.0251. The zero-order chi connectivity index (χ0) is 14.3. The van der Waals surface area contributed by atoms with E-state index in [1.165, 1.54) is 0 Å². The van der Waals surface area contributed by atoms with Crippen LogP contribution in [-0.2, 0) is 0 Å². The average molecular weight is 277 g/mol. The third-order valence-corrected chi connectivity index (χ3v) is 4.50. The van der Waals surface area contributed by atoms with Gasteiger partial charge in [-0.15, -0.1) is 0 Å². The molecule has 0 atom stereocenters. The van der Waals surface area contributed by atoms with Gasteiger partial charge in [0.25, 0.3) is 5.91 Å². The van der Waals surface area contributed by atoms with Gasteiger partial charge in [-0.3, -0.25) is 9.89 Å². The molecule has 6 heteroatoms. The Labute approximate surface area is 119 Å². The van der Waals surface area contributed by atoms with Crippen molar-refractivity contribution in [3.05, 3.63) is 11.4 Å². The number of nitrogens with zero attached hydrogens (tertiary/aromatic N) is 3. The molecule has 1 saturated heterocycles. The molecule has 1 aliphatic carbocycles.